The van der Waals surface area contributed by atoms with E-state index in [9.17, 15) is 13.2 Å². The first kappa shape index (κ1) is 16.9. The van der Waals surface area contributed by atoms with Crippen molar-refractivity contribution < 1.29 is 17.9 Å². The summed E-state index contributed by atoms with van der Waals surface area (Å²) in [6.45, 7) is 5.65. The molecule has 1 aliphatic rings. The molecular formula is C15H22N2O4S. The second-order valence-corrected chi connectivity index (χ2v) is 7.12. The number of carbonyl (C=O) groups is 1. The molecule has 1 fully saturated rings. The number of carbonyl (C=O) groups excluding carboxylic acids is 1. The summed E-state index contributed by atoms with van der Waals surface area (Å²) in [5, 5.41) is 2.70. The topological polar surface area (TPSA) is 84.5 Å². The first-order chi connectivity index (χ1) is 10.3. The molecule has 0 radical (unpaired) electrons. The molecule has 1 saturated carbocycles. The van der Waals surface area contributed by atoms with E-state index in [2.05, 4.69) is 10.0 Å². The Bertz CT molecular complexity index is 666. The fraction of sp³-hybridized carbons (Fsp3) is 0.533. The monoisotopic (exact) mass is 326 g/mol. The molecule has 0 aromatic heterocycles. The van der Waals surface area contributed by atoms with Gasteiger partial charge in [0.2, 0.25) is 15.9 Å². The molecule has 0 unspecified atom stereocenters. The predicted molar refractivity (Wildman–Crippen MR) is 84.4 cm³/mol. The van der Waals surface area contributed by atoms with Crippen LogP contribution in [-0.2, 0) is 19.6 Å². The Morgan fingerprint density at radius 3 is 2.59 bits per heavy atom. The minimum absolute atomic E-state index is 0.0417. The van der Waals surface area contributed by atoms with E-state index in [1.807, 2.05) is 0 Å². The van der Waals surface area contributed by atoms with E-state index in [0.29, 0.717) is 23.4 Å². The quantitative estimate of drug-likeness (QED) is 0.799. The highest BCUT2D eigenvalue weighted by atomic mass is 32.2. The number of rotatable bonds is 7. The Hall–Kier alpha value is -1.44. The Morgan fingerprint density at radius 1 is 1.32 bits per heavy atom. The van der Waals surface area contributed by atoms with Crippen LogP contribution < -0.4 is 10.0 Å². The predicted octanol–water partition coefficient (Wildman–Crippen LogP) is 1.72. The minimum atomic E-state index is -3.57. The summed E-state index contributed by atoms with van der Waals surface area (Å²) in [4.78, 5) is 12.0. The molecule has 0 heterocycles. The van der Waals surface area contributed by atoms with Crippen LogP contribution in [0.3, 0.4) is 0 Å². The molecule has 122 valence electrons. The number of amides is 1. The molecular weight excluding hydrogens is 304 g/mol. The highest BCUT2D eigenvalue weighted by Gasteiger charge is 2.30. The normalized spacial score (nSPS) is 14.9. The van der Waals surface area contributed by atoms with Crippen molar-refractivity contribution in [3.8, 4) is 0 Å². The molecule has 0 atom stereocenters. The van der Waals surface area contributed by atoms with Crippen molar-refractivity contribution in [2.24, 2.45) is 0 Å². The molecule has 0 aliphatic heterocycles. The number of hydrogen-bond acceptors (Lipinski definition) is 4. The summed E-state index contributed by atoms with van der Waals surface area (Å²) in [6, 6.07) is 3.45. The summed E-state index contributed by atoms with van der Waals surface area (Å²) < 4.78 is 32.7. The molecule has 7 heteroatoms. The molecule has 6 nitrogen and oxygen atoms in total. The summed E-state index contributed by atoms with van der Waals surface area (Å²) in [5.74, 6) is -0.299. The third-order valence-corrected chi connectivity index (χ3v) is 5.29. The van der Waals surface area contributed by atoms with E-state index in [4.69, 9.17) is 4.74 Å². The van der Waals surface area contributed by atoms with Gasteiger partial charge in [0.15, 0.2) is 0 Å². The lowest BCUT2D eigenvalue weighted by Gasteiger charge is -2.16. The number of hydrogen-bond donors (Lipinski definition) is 2. The lowest BCUT2D eigenvalue weighted by molar-refractivity contribution is -0.120. The van der Waals surface area contributed by atoms with E-state index in [0.717, 1.165) is 12.8 Å². The van der Waals surface area contributed by atoms with Crippen LogP contribution in [0.5, 0.6) is 0 Å². The van der Waals surface area contributed by atoms with Crippen molar-refractivity contribution in [2.45, 2.75) is 44.6 Å². The van der Waals surface area contributed by atoms with Gasteiger partial charge in [0.05, 0.1) is 4.90 Å². The van der Waals surface area contributed by atoms with Crippen LogP contribution in [-0.4, -0.2) is 33.6 Å². The van der Waals surface area contributed by atoms with E-state index >= 15 is 0 Å². The number of benzene rings is 1. The van der Waals surface area contributed by atoms with Gasteiger partial charge in [-0.3, -0.25) is 4.79 Å². The fourth-order valence-corrected chi connectivity index (χ4v) is 4.03. The minimum Gasteiger partial charge on any atom is -0.372 e. The van der Waals surface area contributed by atoms with Crippen molar-refractivity contribution in [3.05, 3.63) is 23.3 Å². The second-order valence-electron chi connectivity index (χ2n) is 5.47. The number of nitrogens with one attached hydrogen (secondary N) is 2. The smallest absolute Gasteiger partial charge is 0.250 e. The number of anilines is 1. The first-order valence-corrected chi connectivity index (χ1v) is 8.83. The van der Waals surface area contributed by atoms with E-state index in [1.165, 1.54) is 0 Å². The van der Waals surface area contributed by atoms with Crippen molar-refractivity contribution in [2.75, 3.05) is 18.5 Å². The standard InChI is InChI=1S/C15H22N2O4S/c1-4-21-9-14(18)16-13-8-5-10(2)15(11(13)3)22(19,20)17-12-6-7-12/h5,8,12,17H,4,6-7,9H2,1-3H3,(H,16,18). The van der Waals surface area contributed by atoms with Crippen LogP contribution in [0.1, 0.15) is 30.9 Å². The largest absolute Gasteiger partial charge is 0.372 e. The van der Waals surface area contributed by atoms with Crippen molar-refractivity contribution in [1.29, 1.82) is 0 Å². The van der Waals surface area contributed by atoms with Gasteiger partial charge in [0.1, 0.15) is 6.61 Å². The Balaban J connectivity index is 2.27. The SMILES string of the molecule is CCOCC(=O)Nc1ccc(C)c(S(=O)(=O)NC2CC2)c1C. The zero-order valence-corrected chi connectivity index (χ0v) is 13.9. The number of sulfonamides is 1. The van der Waals surface area contributed by atoms with Gasteiger partial charge in [-0.2, -0.15) is 0 Å². The molecule has 1 aliphatic carbocycles. The molecule has 1 aromatic carbocycles. The molecule has 22 heavy (non-hydrogen) atoms. The van der Waals surface area contributed by atoms with Crippen LogP contribution in [0.2, 0.25) is 0 Å². The lowest BCUT2D eigenvalue weighted by atomic mass is 10.1. The van der Waals surface area contributed by atoms with Crippen LogP contribution in [0.4, 0.5) is 5.69 Å². The van der Waals surface area contributed by atoms with Crippen LogP contribution in [0.15, 0.2) is 17.0 Å². The maximum Gasteiger partial charge on any atom is 0.250 e. The number of aryl methyl sites for hydroxylation is 1. The average Bonchev–Trinajstić information content (AvgIpc) is 3.22. The van der Waals surface area contributed by atoms with E-state index in [1.54, 1.807) is 32.9 Å². The molecule has 2 rings (SSSR count). The highest BCUT2D eigenvalue weighted by Crippen LogP contribution is 2.29. The van der Waals surface area contributed by atoms with E-state index < -0.39 is 10.0 Å². The Labute approximate surface area is 131 Å². The maximum absolute atomic E-state index is 12.5. The van der Waals surface area contributed by atoms with Gasteiger partial charge in [-0.15, -0.1) is 0 Å². The van der Waals surface area contributed by atoms with Crippen LogP contribution >= 0.6 is 0 Å². The third-order valence-electron chi connectivity index (χ3n) is 3.48. The van der Waals surface area contributed by atoms with Gasteiger partial charge in [-0.25, -0.2) is 13.1 Å². The molecule has 0 bridgehead atoms. The van der Waals surface area contributed by atoms with Gasteiger partial charge in [0, 0.05) is 18.3 Å². The van der Waals surface area contributed by atoms with Gasteiger partial charge in [0.25, 0.3) is 0 Å². The molecule has 1 amide bonds. The number of ether oxygens (including phenoxy) is 1. The average molecular weight is 326 g/mol. The lowest BCUT2D eigenvalue weighted by Crippen LogP contribution is -2.27. The summed E-state index contributed by atoms with van der Waals surface area (Å²) in [5.41, 5.74) is 1.69. The molecule has 0 saturated heterocycles. The van der Waals surface area contributed by atoms with Gasteiger partial charge >= 0.3 is 0 Å². The van der Waals surface area contributed by atoms with Gasteiger partial charge in [-0.1, -0.05) is 6.07 Å². The molecule has 0 spiro atoms. The second kappa shape index (κ2) is 6.76. The Morgan fingerprint density at radius 2 is 2.00 bits per heavy atom. The zero-order chi connectivity index (χ0) is 16.3. The van der Waals surface area contributed by atoms with Gasteiger partial charge < -0.3 is 10.1 Å². The van der Waals surface area contributed by atoms with Crippen molar-refractivity contribution in [1.82, 2.24) is 4.72 Å². The molecule has 2 N–H and O–H groups in total. The third kappa shape index (κ3) is 4.06. The van der Waals surface area contributed by atoms with E-state index in [-0.39, 0.29) is 23.5 Å². The summed E-state index contributed by atoms with van der Waals surface area (Å²) in [6.07, 6.45) is 1.75. The zero-order valence-electron chi connectivity index (χ0n) is 13.1. The van der Waals surface area contributed by atoms with Crippen molar-refractivity contribution in [3.63, 3.8) is 0 Å². The highest BCUT2D eigenvalue weighted by molar-refractivity contribution is 7.89. The maximum atomic E-state index is 12.5. The molecule has 1 aromatic rings. The van der Waals surface area contributed by atoms with Crippen molar-refractivity contribution >= 4 is 21.6 Å². The fourth-order valence-electron chi connectivity index (χ4n) is 2.24. The van der Waals surface area contributed by atoms with Crippen LogP contribution in [0.25, 0.3) is 0 Å². The first-order valence-electron chi connectivity index (χ1n) is 7.35. The Kier molecular flexibility index (Phi) is 5.20. The van der Waals surface area contributed by atoms with Crippen LogP contribution in [0, 0.1) is 13.8 Å². The summed E-state index contributed by atoms with van der Waals surface area (Å²) in [7, 11) is -3.57. The summed E-state index contributed by atoms with van der Waals surface area (Å²) >= 11 is 0. The van der Waals surface area contributed by atoms with Gasteiger partial charge in [-0.05, 0) is 50.8 Å².